The Kier molecular flexibility index (Phi) is 2.86. The number of thiophene rings is 1. The molecule has 3 rings (SSSR count). The summed E-state index contributed by atoms with van der Waals surface area (Å²) in [7, 11) is 0. The summed E-state index contributed by atoms with van der Waals surface area (Å²) in [6.07, 6.45) is 0. The molecule has 0 saturated heterocycles. The number of H-pyrrole nitrogens is 1. The quantitative estimate of drug-likeness (QED) is 0.644. The monoisotopic (exact) mass is 347 g/mol. The zero-order chi connectivity index (χ0) is 12.0. The van der Waals surface area contributed by atoms with Crippen molar-refractivity contribution >= 4 is 61.6 Å². The molecule has 0 fully saturated rings. The van der Waals surface area contributed by atoms with Gasteiger partial charge in [0.15, 0.2) is 11.5 Å². The van der Waals surface area contributed by atoms with Crippen LogP contribution in [-0.4, -0.2) is 15.0 Å². The van der Waals surface area contributed by atoms with E-state index in [0.29, 0.717) is 10.7 Å². The molecule has 86 valence electrons. The van der Waals surface area contributed by atoms with Crippen LogP contribution in [0.1, 0.15) is 0 Å². The van der Waals surface area contributed by atoms with Crippen molar-refractivity contribution in [2.75, 3.05) is 0 Å². The van der Waals surface area contributed by atoms with Gasteiger partial charge in [-0.2, -0.15) is 0 Å². The largest absolute Gasteiger partial charge is 0.336 e. The molecule has 0 spiro atoms. The van der Waals surface area contributed by atoms with E-state index < -0.39 is 0 Å². The second kappa shape index (κ2) is 4.24. The molecular weight excluding hydrogens is 345 g/mol. The van der Waals surface area contributed by atoms with Crippen molar-refractivity contribution < 1.29 is 0 Å². The highest BCUT2D eigenvalue weighted by atomic mass is 79.9. The maximum Gasteiger partial charge on any atom is 0.179 e. The van der Waals surface area contributed by atoms with E-state index in [1.54, 1.807) is 17.4 Å². The molecule has 0 unspecified atom stereocenters. The molecule has 0 radical (unpaired) electrons. The molecule has 3 aromatic heterocycles. The number of aromatic amines is 1. The van der Waals surface area contributed by atoms with Gasteiger partial charge in [-0.3, -0.25) is 0 Å². The zero-order valence-corrected chi connectivity index (χ0v) is 12.1. The van der Waals surface area contributed by atoms with E-state index in [9.17, 15) is 0 Å². The lowest BCUT2D eigenvalue weighted by atomic mass is 10.4. The van der Waals surface area contributed by atoms with E-state index >= 15 is 0 Å². The maximum absolute atomic E-state index is 5.90. The molecule has 0 saturated carbocycles. The van der Waals surface area contributed by atoms with E-state index in [4.69, 9.17) is 23.2 Å². The molecular formula is C10H4BrCl2N3S. The minimum Gasteiger partial charge on any atom is -0.336 e. The summed E-state index contributed by atoms with van der Waals surface area (Å²) in [5.41, 5.74) is 1.35. The van der Waals surface area contributed by atoms with Gasteiger partial charge in [0.2, 0.25) is 0 Å². The lowest BCUT2D eigenvalue weighted by molar-refractivity contribution is 1.31. The molecule has 0 aliphatic carbocycles. The first-order chi connectivity index (χ1) is 8.13. The highest BCUT2D eigenvalue weighted by Gasteiger charge is 2.10. The van der Waals surface area contributed by atoms with Crippen molar-refractivity contribution in [1.82, 2.24) is 15.0 Å². The number of aromatic nitrogens is 3. The molecule has 0 amide bonds. The molecule has 3 nitrogen and oxygen atoms in total. The highest BCUT2D eigenvalue weighted by Crippen LogP contribution is 2.31. The summed E-state index contributed by atoms with van der Waals surface area (Å²) in [6, 6.07) is 5.68. The number of pyridine rings is 1. The van der Waals surface area contributed by atoms with Crippen LogP contribution in [0.2, 0.25) is 10.2 Å². The van der Waals surface area contributed by atoms with Crippen molar-refractivity contribution in [2.24, 2.45) is 0 Å². The molecule has 0 aliphatic rings. The van der Waals surface area contributed by atoms with Gasteiger partial charge in [-0.05, 0) is 34.1 Å². The SMILES string of the molecule is Clc1cc2[nH]c(-c3ccc(Br)s3)nc2nc1Cl. The van der Waals surface area contributed by atoms with Crippen LogP contribution in [0.5, 0.6) is 0 Å². The fourth-order valence-electron chi connectivity index (χ4n) is 1.45. The Morgan fingerprint density at radius 1 is 1.24 bits per heavy atom. The number of nitrogens with zero attached hydrogens (tertiary/aromatic N) is 2. The van der Waals surface area contributed by atoms with E-state index in [2.05, 4.69) is 30.9 Å². The van der Waals surface area contributed by atoms with Crippen molar-refractivity contribution in [3.63, 3.8) is 0 Å². The standard InChI is InChI=1S/C10H4BrCl2N3S/c11-7-2-1-6(17-7)10-14-5-3-4(12)8(13)15-9(5)16-10/h1-3H,(H,14,15,16). The summed E-state index contributed by atoms with van der Waals surface area (Å²) >= 11 is 16.8. The van der Waals surface area contributed by atoms with Crippen LogP contribution in [0, 0.1) is 0 Å². The summed E-state index contributed by atoms with van der Waals surface area (Å²) in [4.78, 5) is 12.7. The number of imidazole rings is 1. The molecule has 1 N–H and O–H groups in total. The van der Waals surface area contributed by atoms with Gasteiger partial charge in [-0.15, -0.1) is 11.3 Å². The average molecular weight is 349 g/mol. The first kappa shape index (κ1) is 11.5. The highest BCUT2D eigenvalue weighted by molar-refractivity contribution is 9.11. The van der Waals surface area contributed by atoms with Crippen LogP contribution in [-0.2, 0) is 0 Å². The van der Waals surface area contributed by atoms with E-state index in [0.717, 1.165) is 20.0 Å². The lowest BCUT2D eigenvalue weighted by Gasteiger charge is -1.92. The maximum atomic E-state index is 5.90. The predicted octanol–water partition coefficient (Wildman–Crippen LogP) is 4.76. The van der Waals surface area contributed by atoms with Crippen molar-refractivity contribution in [1.29, 1.82) is 0 Å². The summed E-state index contributed by atoms with van der Waals surface area (Å²) in [6.45, 7) is 0. The third kappa shape index (κ3) is 2.08. The van der Waals surface area contributed by atoms with Crippen LogP contribution in [0.4, 0.5) is 0 Å². The Labute approximate surface area is 119 Å². The first-order valence-corrected chi connectivity index (χ1v) is 6.97. The fraction of sp³-hybridized carbons (Fsp3) is 0. The van der Waals surface area contributed by atoms with Crippen molar-refractivity contribution in [3.05, 3.63) is 32.2 Å². The minimum absolute atomic E-state index is 0.268. The number of nitrogens with one attached hydrogen (secondary N) is 1. The van der Waals surface area contributed by atoms with Crippen LogP contribution in [0.25, 0.3) is 21.9 Å². The first-order valence-electron chi connectivity index (χ1n) is 4.61. The molecule has 0 atom stereocenters. The van der Waals surface area contributed by atoms with Crippen molar-refractivity contribution in [2.45, 2.75) is 0 Å². The molecule has 0 aromatic carbocycles. The average Bonchev–Trinajstić information content (AvgIpc) is 2.85. The second-order valence-corrected chi connectivity index (χ2v) is 6.55. The normalized spacial score (nSPS) is 11.2. The lowest BCUT2D eigenvalue weighted by Crippen LogP contribution is -1.79. The van der Waals surface area contributed by atoms with Crippen molar-refractivity contribution in [3.8, 4) is 10.7 Å². The van der Waals surface area contributed by atoms with Gasteiger partial charge in [0.05, 0.1) is 19.2 Å². The van der Waals surface area contributed by atoms with E-state index in [-0.39, 0.29) is 5.15 Å². The Hall–Kier alpha value is -0.620. The second-order valence-electron chi connectivity index (χ2n) is 3.32. The Morgan fingerprint density at radius 3 is 2.76 bits per heavy atom. The number of hydrogen-bond acceptors (Lipinski definition) is 3. The molecule has 17 heavy (non-hydrogen) atoms. The van der Waals surface area contributed by atoms with Gasteiger partial charge in [0.25, 0.3) is 0 Å². The number of halogens is 3. The Balaban J connectivity index is 2.19. The van der Waals surface area contributed by atoms with Crippen LogP contribution in [0.15, 0.2) is 22.0 Å². The van der Waals surface area contributed by atoms with Gasteiger partial charge >= 0.3 is 0 Å². The smallest absolute Gasteiger partial charge is 0.179 e. The van der Waals surface area contributed by atoms with E-state index in [1.165, 1.54) is 0 Å². The topological polar surface area (TPSA) is 41.6 Å². The summed E-state index contributed by atoms with van der Waals surface area (Å²) < 4.78 is 1.05. The molecule has 0 bridgehead atoms. The van der Waals surface area contributed by atoms with Crippen LogP contribution >= 0.6 is 50.5 Å². The number of fused-ring (bicyclic) bond motifs is 1. The third-order valence-electron chi connectivity index (χ3n) is 2.19. The molecule has 3 heterocycles. The van der Waals surface area contributed by atoms with Gasteiger partial charge in [-0.1, -0.05) is 23.2 Å². The van der Waals surface area contributed by atoms with Gasteiger partial charge in [0.1, 0.15) is 5.15 Å². The van der Waals surface area contributed by atoms with E-state index in [1.807, 2.05) is 12.1 Å². The Morgan fingerprint density at radius 2 is 2.06 bits per heavy atom. The number of hydrogen-bond donors (Lipinski definition) is 1. The van der Waals surface area contributed by atoms with Gasteiger partial charge in [-0.25, -0.2) is 9.97 Å². The van der Waals surface area contributed by atoms with Crippen LogP contribution in [0.3, 0.4) is 0 Å². The number of rotatable bonds is 1. The van der Waals surface area contributed by atoms with Gasteiger partial charge in [0, 0.05) is 0 Å². The molecule has 7 heteroatoms. The predicted molar refractivity (Wildman–Crippen MR) is 74.9 cm³/mol. The zero-order valence-electron chi connectivity index (χ0n) is 8.17. The van der Waals surface area contributed by atoms with Gasteiger partial charge < -0.3 is 4.98 Å². The fourth-order valence-corrected chi connectivity index (χ4v) is 3.07. The summed E-state index contributed by atoms with van der Waals surface area (Å²) in [5, 5.41) is 0.686. The minimum atomic E-state index is 0.268. The Bertz CT molecular complexity index is 668. The molecule has 0 aliphatic heterocycles. The van der Waals surface area contributed by atoms with Crippen LogP contribution < -0.4 is 0 Å². The third-order valence-corrected chi connectivity index (χ3v) is 4.49. The molecule has 3 aromatic rings. The summed E-state index contributed by atoms with van der Waals surface area (Å²) in [5.74, 6) is 0.765.